The SMILES string of the molecule is C=COCC(CCCCCCCC)CCCCCCCCCC. The Balaban J connectivity index is 3.56. The van der Waals surface area contributed by atoms with Crippen LogP contribution in [0.4, 0.5) is 0 Å². The molecule has 138 valence electrons. The van der Waals surface area contributed by atoms with Crippen molar-refractivity contribution in [3.05, 3.63) is 12.8 Å². The molecule has 0 aromatic carbocycles. The molecule has 0 saturated carbocycles. The van der Waals surface area contributed by atoms with Crippen LogP contribution in [0.2, 0.25) is 0 Å². The van der Waals surface area contributed by atoms with Crippen LogP contribution in [-0.4, -0.2) is 6.61 Å². The van der Waals surface area contributed by atoms with Gasteiger partial charge in [-0.15, -0.1) is 0 Å². The van der Waals surface area contributed by atoms with Crippen LogP contribution in [0.25, 0.3) is 0 Å². The zero-order valence-corrected chi connectivity index (χ0v) is 16.3. The highest BCUT2D eigenvalue weighted by molar-refractivity contribution is 4.62. The van der Waals surface area contributed by atoms with Crippen LogP contribution in [0.5, 0.6) is 0 Å². The lowest BCUT2D eigenvalue weighted by Gasteiger charge is -2.16. The molecule has 0 fully saturated rings. The Bertz CT molecular complexity index is 224. The molecule has 0 radical (unpaired) electrons. The van der Waals surface area contributed by atoms with Gasteiger partial charge in [0.05, 0.1) is 12.9 Å². The van der Waals surface area contributed by atoms with Gasteiger partial charge in [0.25, 0.3) is 0 Å². The lowest BCUT2D eigenvalue weighted by molar-refractivity contribution is 0.177. The van der Waals surface area contributed by atoms with Gasteiger partial charge < -0.3 is 4.74 Å². The summed E-state index contributed by atoms with van der Waals surface area (Å²) < 4.78 is 5.48. The Morgan fingerprint density at radius 1 is 0.652 bits per heavy atom. The van der Waals surface area contributed by atoms with Crippen molar-refractivity contribution in [2.24, 2.45) is 5.92 Å². The van der Waals surface area contributed by atoms with E-state index in [1.54, 1.807) is 6.26 Å². The zero-order valence-electron chi connectivity index (χ0n) is 16.3. The Morgan fingerprint density at radius 2 is 1.04 bits per heavy atom. The summed E-state index contributed by atoms with van der Waals surface area (Å²) in [4.78, 5) is 0. The smallest absolute Gasteiger partial charge is 0.0901 e. The average molecular weight is 325 g/mol. The van der Waals surface area contributed by atoms with E-state index < -0.39 is 0 Å². The van der Waals surface area contributed by atoms with E-state index in [4.69, 9.17) is 4.74 Å². The number of hydrogen-bond acceptors (Lipinski definition) is 1. The van der Waals surface area contributed by atoms with E-state index in [0.29, 0.717) is 0 Å². The molecule has 1 heteroatoms. The lowest BCUT2D eigenvalue weighted by atomic mass is 9.94. The van der Waals surface area contributed by atoms with Crippen LogP contribution in [-0.2, 0) is 4.74 Å². The molecule has 0 amide bonds. The molecule has 1 atom stereocenters. The van der Waals surface area contributed by atoms with Gasteiger partial charge >= 0.3 is 0 Å². The fourth-order valence-corrected chi connectivity index (χ4v) is 3.30. The summed E-state index contributed by atoms with van der Waals surface area (Å²) in [6, 6.07) is 0. The first kappa shape index (κ1) is 22.5. The van der Waals surface area contributed by atoms with Crippen LogP contribution in [0.15, 0.2) is 12.8 Å². The molecule has 1 unspecified atom stereocenters. The molecule has 0 aliphatic heterocycles. The number of unbranched alkanes of at least 4 members (excludes halogenated alkanes) is 12. The Morgan fingerprint density at radius 3 is 1.43 bits per heavy atom. The molecule has 0 aliphatic rings. The molecule has 23 heavy (non-hydrogen) atoms. The summed E-state index contributed by atoms with van der Waals surface area (Å²) in [5.74, 6) is 0.749. The molecular formula is C22H44O. The van der Waals surface area contributed by atoms with Crippen molar-refractivity contribution >= 4 is 0 Å². The van der Waals surface area contributed by atoms with Gasteiger partial charge in [0.15, 0.2) is 0 Å². The largest absolute Gasteiger partial charge is 0.502 e. The van der Waals surface area contributed by atoms with E-state index in [1.165, 1.54) is 103 Å². The molecule has 0 aromatic heterocycles. The van der Waals surface area contributed by atoms with Crippen molar-refractivity contribution < 1.29 is 4.74 Å². The van der Waals surface area contributed by atoms with Crippen LogP contribution in [0.1, 0.15) is 117 Å². The highest BCUT2D eigenvalue weighted by atomic mass is 16.5. The molecule has 0 rings (SSSR count). The minimum Gasteiger partial charge on any atom is -0.502 e. The van der Waals surface area contributed by atoms with E-state index in [2.05, 4.69) is 20.4 Å². The van der Waals surface area contributed by atoms with Gasteiger partial charge in [-0.05, 0) is 18.8 Å². The van der Waals surface area contributed by atoms with E-state index >= 15 is 0 Å². The summed E-state index contributed by atoms with van der Waals surface area (Å²) in [7, 11) is 0. The van der Waals surface area contributed by atoms with Crippen LogP contribution in [0.3, 0.4) is 0 Å². The minimum atomic E-state index is 0.749. The maximum absolute atomic E-state index is 5.48. The van der Waals surface area contributed by atoms with Crippen LogP contribution < -0.4 is 0 Å². The first-order valence-electron chi connectivity index (χ1n) is 10.6. The summed E-state index contributed by atoms with van der Waals surface area (Å²) in [5.41, 5.74) is 0. The van der Waals surface area contributed by atoms with Crippen molar-refractivity contribution in [3.8, 4) is 0 Å². The second kappa shape index (κ2) is 19.6. The average Bonchev–Trinajstić information content (AvgIpc) is 2.57. The van der Waals surface area contributed by atoms with Gasteiger partial charge in [-0.25, -0.2) is 0 Å². The van der Waals surface area contributed by atoms with E-state index in [-0.39, 0.29) is 0 Å². The Labute approximate surface area is 147 Å². The van der Waals surface area contributed by atoms with Crippen LogP contribution in [0, 0.1) is 5.92 Å². The normalized spacial score (nSPS) is 12.3. The number of hydrogen-bond donors (Lipinski definition) is 0. The second-order valence-corrected chi connectivity index (χ2v) is 7.19. The van der Waals surface area contributed by atoms with Gasteiger partial charge in [-0.3, -0.25) is 0 Å². The maximum atomic E-state index is 5.48. The summed E-state index contributed by atoms with van der Waals surface area (Å²) >= 11 is 0. The van der Waals surface area contributed by atoms with E-state index in [9.17, 15) is 0 Å². The summed E-state index contributed by atoms with van der Waals surface area (Å²) in [6.07, 6.45) is 24.0. The predicted octanol–water partition coefficient (Wildman–Crippen LogP) is 8.04. The minimum absolute atomic E-state index is 0.749. The Hall–Kier alpha value is -0.460. The van der Waals surface area contributed by atoms with Gasteiger partial charge in [0.1, 0.15) is 0 Å². The Kier molecular flexibility index (Phi) is 19.2. The van der Waals surface area contributed by atoms with E-state index in [1.807, 2.05) is 0 Å². The topological polar surface area (TPSA) is 9.23 Å². The number of rotatable bonds is 19. The standard InChI is InChI=1S/C22H44O/c1-4-7-9-11-13-14-16-18-20-22(21-23-6-3)19-17-15-12-10-8-5-2/h6,22H,3-5,7-21H2,1-2H3. The van der Waals surface area contributed by atoms with Gasteiger partial charge in [0, 0.05) is 0 Å². The number of ether oxygens (including phenoxy) is 1. The quantitative estimate of drug-likeness (QED) is 0.172. The first-order chi connectivity index (χ1) is 11.3. The van der Waals surface area contributed by atoms with Gasteiger partial charge in [0.2, 0.25) is 0 Å². The highest BCUT2D eigenvalue weighted by Gasteiger charge is 2.08. The van der Waals surface area contributed by atoms with Crippen molar-refractivity contribution in [1.82, 2.24) is 0 Å². The fourth-order valence-electron chi connectivity index (χ4n) is 3.30. The first-order valence-corrected chi connectivity index (χ1v) is 10.6. The third-order valence-electron chi connectivity index (χ3n) is 4.88. The second-order valence-electron chi connectivity index (χ2n) is 7.19. The van der Waals surface area contributed by atoms with E-state index in [0.717, 1.165) is 12.5 Å². The third kappa shape index (κ3) is 17.7. The molecule has 0 aromatic rings. The van der Waals surface area contributed by atoms with Gasteiger partial charge in [-0.1, -0.05) is 110 Å². The molecule has 1 nitrogen and oxygen atoms in total. The van der Waals surface area contributed by atoms with Crippen molar-refractivity contribution in [1.29, 1.82) is 0 Å². The molecule has 0 bridgehead atoms. The monoisotopic (exact) mass is 324 g/mol. The fraction of sp³-hybridized carbons (Fsp3) is 0.909. The van der Waals surface area contributed by atoms with Gasteiger partial charge in [-0.2, -0.15) is 0 Å². The zero-order chi connectivity index (χ0) is 17.0. The molecule has 0 heterocycles. The molecule has 0 aliphatic carbocycles. The lowest BCUT2D eigenvalue weighted by Crippen LogP contribution is -2.08. The summed E-state index contributed by atoms with van der Waals surface area (Å²) in [6.45, 7) is 9.14. The van der Waals surface area contributed by atoms with Crippen molar-refractivity contribution in [3.63, 3.8) is 0 Å². The predicted molar refractivity (Wildman–Crippen MR) is 105 cm³/mol. The van der Waals surface area contributed by atoms with Crippen molar-refractivity contribution in [2.45, 2.75) is 117 Å². The van der Waals surface area contributed by atoms with Crippen LogP contribution >= 0.6 is 0 Å². The molecule has 0 saturated heterocycles. The maximum Gasteiger partial charge on any atom is 0.0901 e. The molecular weight excluding hydrogens is 280 g/mol. The summed E-state index contributed by atoms with van der Waals surface area (Å²) in [5, 5.41) is 0. The molecule has 0 N–H and O–H groups in total. The van der Waals surface area contributed by atoms with Crippen molar-refractivity contribution in [2.75, 3.05) is 6.61 Å². The third-order valence-corrected chi connectivity index (χ3v) is 4.88. The molecule has 0 spiro atoms. The highest BCUT2D eigenvalue weighted by Crippen LogP contribution is 2.20.